The van der Waals surface area contributed by atoms with E-state index in [1.165, 1.54) is 167 Å². The smallest absolute Gasteiger partial charge is 0.220 e. The molecule has 0 radical (unpaired) electrons. The molecule has 23 N–H and O–H groups in total. The van der Waals surface area contributed by atoms with Crippen LogP contribution in [-0.2, 0) is 80.7 Å². The van der Waals surface area contributed by atoms with E-state index in [2.05, 4.69) is 29.8 Å². The van der Waals surface area contributed by atoms with Gasteiger partial charge in [-0.1, -0.05) is 231 Å². The van der Waals surface area contributed by atoms with Crippen LogP contribution in [0.15, 0.2) is 12.2 Å². The lowest BCUT2D eigenvalue weighted by molar-refractivity contribution is -0.392. The molecule has 7 saturated heterocycles. The Morgan fingerprint density at radius 3 is 1.02 bits per heavy atom. The molecule has 7 fully saturated rings. The number of nitrogens with one attached hydrogen (secondary N) is 3. The predicted molar refractivity (Wildman–Crippen MR) is 462 cm³/mol. The largest absolute Gasteiger partial charge is 0.394 e. The Morgan fingerprint density at radius 1 is 0.315 bits per heavy atom. The Balaban J connectivity index is 0.953. The van der Waals surface area contributed by atoms with Gasteiger partial charge >= 0.3 is 0 Å². The Labute approximate surface area is 764 Å². The summed E-state index contributed by atoms with van der Waals surface area (Å²) >= 11 is 0. The highest BCUT2D eigenvalue weighted by Crippen LogP contribution is 2.39. The zero-order chi connectivity index (χ0) is 94.9. The highest BCUT2D eigenvalue weighted by molar-refractivity contribution is 5.76. The average Bonchev–Trinajstić information content (AvgIpc) is 0.765. The number of hydrogen-bond acceptors (Lipinski definition) is 37. The summed E-state index contributed by atoms with van der Waals surface area (Å²) in [6.45, 7) is 1.11. The molecule has 0 spiro atoms. The summed E-state index contributed by atoms with van der Waals surface area (Å²) in [5.41, 5.74) is 0. The van der Waals surface area contributed by atoms with Crippen LogP contribution in [-0.4, -0.2) is 393 Å². The third-order valence-electron chi connectivity index (χ3n) is 25.8. The highest BCUT2D eigenvalue weighted by Gasteiger charge is 2.60. The first-order valence-corrected chi connectivity index (χ1v) is 48.3. The van der Waals surface area contributed by atoms with Crippen molar-refractivity contribution in [3.8, 4) is 0 Å². The predicted octanol–water partition coefficient (Wildman–Crippen LogP) is -0.451. The SMILES string of the molecule is CCCCCCCCCCCCC/C=C/[C@@H](O)[C@H](CO[C@@H]1OC(CO)[C@@H](O[C@@H]2OC(CO)[C@H](O)[C@H](O[C@@H]3OC(CO)[C@@H](O[C@@H]4OC(CO)[C@H](O)[C@H](O[C@@H]5OC(CO)[C@@H](O[C@@H]6OC(CO)[C@H](O)[C@H](O)C6O[C@H]6OC(C)[C@@H](O)C(O)[C@@H]6O)[C@H](O)C5NC(C)=O)C4O)[C@H](O)C3NC(C)=O)C2O)[C@H](O)C1O)NC(=O)CCCCCCCCCCCCCCCCCCCCCCCCC. The minimum Gasteiger partial charge on any atom is -0.394 e. The van der Waals surface area contributed by atoms with Gasteiger partial charge in [0.2, 0.25) is 17.7 Å². The number of carbonyl (C=O) groups excluding carboxylic acids is 3. The lowest BCUT2D eigenvalue weighted by Gasteiger charge is -2.51. The van der Waals surface area contributed by atoms with Crippen molar-refractivity contribution in [1.29, 1.82) is 0 Å². The minimum absolute atomic E-state index is 0.167. The lowest BCUT2D eigenvalue weighted by atomic mass is 9.93. The van der Waals surface area contributed by atoms with Gasteiger partial charge in [-0.15, -0.1) is 0 Å². The number of amides is 3. The zero-order valence-electron chi connectivity index (χ0n) is 76.8. The number of hydrogen-bond donors (Lipinski definition) is 23. The molecule has 3 amide bonds. The molecule has 40 heteroatoms. The van der Waals surface area contributed by atoms with Crippen molar-refractivity contribution in [2.24, 2.45) is 0 Å². The summed E-state index contributed by atoms with van der Waals surface area (Å²) in [6, 6.07) is -4.81. The fourth-order valence-corrected chi connectivity index (χ4v) is 17.9. The fourth-order valence-electron chi connectivity index (χ4n) is 17.9. The zero-order valence-corrected chi connectivity index (χ0v) is 76.8. The molecule has 0 aromatic heterocycles. The van der Waals surface area contributed by atoms with E-state index >= 15 is 0 Å². The van der Waals surface area contributed by atoms with Crippen molar-refractivity contribution in [1.82, 2.24) is 16.0 Å². The molecule has 0 saturated carbocycles. The van der Waals surface area contributed by atoms with Gasteiger partial charge in [0.05, 0.1) is 64.5 Å². The van der Waals surface area contributed by atoms with Gasteiger partial charge in [0.25, 0.3) is 0 Å². The van der Waals surface area contributed by atoms with Gasteiger partial charge in [-0.3, -0.25) is 14.4 Å². The number of ether oxygens (including phenoxy) is 14. The second kappa shape index (κ2) is 61.3. The standard InChI is InChI=1S/C90H163N3O37/c1-6-8-10-12-14-16-18-20-21-22-23-24-25-26-27-28-29-31-33-35-37-39-41-43-62(103)93-54(55(102)42-40-38-36-34-32-30-19-17-15-13-11-9-7-2)50-117-86-75(114)73(112)80(61(49-99)124-86)126-89-77(116)82(68(107)58(46-96)120-89)129-84-63(91-52(4)100)69(108)78(59(47-97)122-84)125-88-76(115)81(67(106)57(45-95)119-88)128-85-64(92-53(5)101)70(109)79(60(48-98)123-85)127-90-83(72(111)66(105)56(44-94)121-90)130-87-74(113)71(110)65(104)51(3)118-87/h40,42,51,54-61,63-90,94-99,102,104-116H,6-39,41,43-50H2,1-5H3,(H,91,100)(H,92,101)(H,93,103)/b42-40+/t51?,54-,55+,56?,57?,58?,59?,60?,61?,63?,64?,65+,66-,67-,68-,69+,70+,71?,72-,73+,74-,75?,76?,77?,78+,79+,80+,81-,82-,83?,84-,85-,86+,87+,88-,89-,90-/m0/s1. The van der Waals surface area contributed by atoms with Crippen LogP contribution in [0.5, 0.6) is 0 Å². The van der Waals surface area contributed by atoms with Crippen LogP contribution < -0.4 is 16.0 Å². The summed E-state index contributed by atoms with van der Waals surface area (Å²) in [5.74, 6) is -2.12. The third-order valence-corrected chi connectivity index (χ3v) is 25.8. The molecule has 130 heavy (non-hydrogen) atoms. The Hall–Kier alpha value is -3.21. The van der Waals surface area contributed by atoms with E-state index in [1.54, 1.807) is 6.08 Å². The summed E-state index contributed by atoms with van der Waals surface area (Å²) < 4.78 is 83.3. The van der Waals surface area contributed by atoms with E-state index in [0.29, 0.717) is 12.8 Å². The van der Waals surface area contributed by atoms with Gasteiger partial charge in [0.15, 0.2) is 44.0 Å². The summed E-state index contributed by atoms with van der Waals surface area (Å²) in [7, 11) is 0. The summed E-state index contributed by atoms with van der Waals surface area (Å²) in [6.07, 6.45) is -19.5. The Morgan fingerprint density at radius 2 is 0.623 bits per heavy atom. The number of allylic oxidation sites excluding steroid dienone is 1. The van der Waals surface area contributed by atoms with Crippen molar-refractivity contribution in [3.63, 3.8) is 0 Å². The molecule has 760 valence electrons. The topological polar surface area (TPSA) is 621 Å². The maximum atomic E-state index is 13.6. The van der Waals surface area contributed by atoms with Gasteiger partial charge in [0.1, 0.15) is 165 Å². The van der Waals surface area contributed by atoms with Gasteiger partial charge in [-0.05, 0) is 26.2 Å². The molecule has 7 aliphatic heterocycles. The quantitative estimate of drug-likeness (QED) is 0.0271. The number of unbranched alkanes of at least 4 members (excludes halogenated alkanes) is 33. The number of rotatable bonds is 62. The van der Waals surface area contributed by atoms with Crippen molar-refractivity contribution in [2.45, 2.75) is 493 Å². The first-order chi connectivity index (χ1) is 62.5. The van der Waals surface area contributed by atoms with E-state index in [4.69, 9.17) is 66.3 Å². The molecule has 0 aromatic rings. The van der Waals surface area contributed by atoms with Crippen LogP contribution in [0.25, 0.3) is 0 Å². The molecule has 7 rings (SSSR count). The van der Waals surface area contributed by atoms with Gasteiger partial charge in [-0.2, -0.15) is 0 Å². The van der Waals surface area contributed by atoms with Crippen LogP contribution in [0.2, 0.25) is 0 Å². The van der Waals surface area contributed by atoms with E-state index < -0.39 is 285 Å². The summed E-state index contributed by atoms with van der Waals surface area (Å²) in [5, 5.41) is 233. The molecular formula is C90H163N3O37. The Kier molecular flexibility index (Phi) is 53.6. The van der Waals surface area contributed by atoms with Crippen molar-refractivity contribution in [3.05, 3.63) is 12.2 Å². The number of carbonyl (C=O) groups is 3. The van der Waals surface area contributed by atoms with Crippen LogP contribution in [0.4, 0.5) is 0 Å². The molecule has 0 aliphatic carbocycles. The van der Waals surface area contributed by atoms with Crippen molar-refractivity contribution < 1.29 is 183 Å². The van der Waals surface area contributed by atoms with Crippen LogP contribution >= 0.6 is 0 Å². The fraction of sp³-hybridized carbons (Fsp3) is 0.944. The van der Waals surface area contributed by atoms with Crippen LogP contribution in [0.1, 0.15) is 266 Å². The Bertz CT molecular complexity index is 3060. The molecule has 14 unspecified atom stereocenters. The average molecular weight is 1880 g/mol. The molecule has 7 heterocycles. The number of aliphatic hydroxyl groups excluding tert-OH is 20. The van der Waals surface area contributed by atoms with Crippen molar-refractivity contribution >= 4 is 17.7 Å². The van der Waals surface area contributed by atoms with Crippen LogP contribution in [0, 0.1) is 0 Å². The maximum absolute atomic E-state index is 13.6. The van der Waals surface area contributed by atoms with Crippen molar-refractivity contribution in [2.75, 3.05) is 46.2 Å². The normalized spacial score (nSPS) is 37.3. The second-order valence-electron chi connectivity index (χ2n) is 36.3. The van der Waals surface area contributed by atoms with Gasteiger partial charge in [-0.25, -0.2) is 0 Å². The highest BCUT2D eigenvalue weighted by atomic mass is 16.8. The first kappa shape index (κ1) is 114. The molecular weight excluding hydrogens is 1710 g/mol. The molecule has 40 nitrogen and oxygen atoms in total. The van der Waals surface area contributed by atoms with E-state index in [9.17, 15) is 117 Å². The van der Waals surface area contributed by atoms with E-state index in [-0.39, 0.29) is 12.3 Å². The van der Waals surface area contributed by atoms with Crippen LogP contribution in [0.3, 0.4) is 0 Å². The molecule has 0 aromatic carbocycles. The first-order valence-electron chi connectivity index (χ1n) is 48.3. The van der Waals surface area contributed by atoms with E-state index in [1.807, 2.05) is 6.08 Å². The minimum atomic E-state index is -2.30. The molecule has 37 atom stereocenters. The van der Waals surface area contributed by atoms with Gasteiger partial charge in [0, 0.05) is 20.3 Å². The lowest BCUT2D eigenvalue weighted by Crippen LogP contribution is -2.71. The summed E-state index contributed by atoms with van der Waals surface area (Å²) in [4.78, 5) is 39.6. The molecule has 7 aliphatic rings. The van der Waals surface area contributed by atoms with E-state index in [0.717, 1.165) is 65.2 Å². The number of aliphatic hydroxyl groups is 20. The molecule has 0 bridgehead atoms. The third kappa shape index (κ3) is 35.0. The maximum Gasteiger partial charge on any atom is 0.220 e. The van der Waals surface area contributed by atoms with Gasteiger partial charge < -0.3 is 184 Å². The monoisotopic (exact) mass is 1880 g/mol. The second-order valence-corrected chi connectivity index (χ2v) is 36.3.